The van der Waals surface area contributed by atoms with E-state index in [4.69, 9.17) is 12.2 Å². The van der Waals surface area contributed by atoms with Crippen LogP contribution in [0.5, 0.6) is 0 Å². The lowest BCUT2D eigenvalue weighted by Crippen LogP contribution is -2.19. The fourth-order valence-electron chi connectivity index (χ4n) is 1.96. The molecule has 0 fully saturated rings. The second-order valence-corrected chi connectivity index (χ2v) is 5.87. The minimum absolute atomic E-state index is 0.0192. The van der Waals surface area contributed by atoms with Crippen molar-refractivity contribution in [3.05, 3.63) is 62.6 Å². The molecule has 7 heteroatoms. The van der Waals surface area contributed by atoms with Gasteiger partial charge < -0.3 is 10.6 Å². The number of halogens is 1. The fourth-order valence-corrected chi connectivity index (χ4v) is 2.59. The van der Waals surface area contributed by atoms with Crippen LogP contribution in [-0.2, 0) is 6.42 Å². The van der Waals surface area contributed by atoms with Gasteiger partial charge in [0.05, 0.1) is 4.92 Å². The number of benzene rings is 2. The minimum atomic E-state index is -0.439. The van der Waals surface area contributed by atoms with Crippen molar-refractivity contribution in [2.75, 3.05) is 10.6 Å². The van der Waals surface area contributed by atoms with E-state index in [-0.39, 0.29) is 5.69 Å². The summed E-state index contributed by atoms with van der Waals surface area (Å²) in [4.78, 5) is 10.3. The number of nitrogens with zero attached hydrogens (tertiary/aromatic N) is 1. The number of aryl methyl sites for hydroxylation is 1. The molecule has 0 spiro atoms. The monoisotopic (exact) mass is 379 g/mol. The van der Waals surface area contributed by atoms with Crippen LogP contribution in [-0.4, -0.2) is 10.0 Å². The van der Waals surface area contributed by atoms with Gasteiger partial charge in [-0.05, 0) is 48.5 Å². The number of nitrogens with one attached hydrogen (secondary N) is 2. The van der Waals surface area contributed by atoms with Gasteiger partial charge in [0, 0.05) is 28.0 Å². The predicted molar refractivity (Wildman–Crippen MR) is 96.5 cm³/mol. The van der Waals surface area contributed by atoms with Crippen LogP contribution < -0.4 is 10.6 Å². The molecule has 2 aromatic rings. The van der Waals surface area contributed by atoms with Gasteiger partial charge in [-0.1, -0.05) is 28.9 Å². The Morgan fingerprint density at radius 3 is 2.73 bits per heavy atom. The summed E-state index contributed by atoms with van der Waals surface area (Å²) in [6.07, 6.45) is 0.862. The first-order valence-corrected chi connectivity index (χ1v) is 7.80. The van der Waals surface area contributed by atoms with Crippen LogP contribution in [0.25, 0.3) is 0 Å². The van der Waals surface area contributed by atoms with Crippen LogP contribution >= 0.6 is 28.1 Å². The maximum atomic E-state index is 10.8. The molecule has 0 aliphatic rings. The van der Waals surface area contributed by atoms with E-state index >= 15 is 0 Å². The zero-order valence-corrected chi connectivity index (χ0v) is 14.2. The smallest absolute Gasteiger partial charge is 0.271 e. The Morgan fingerprint density at radius 1 is 1.27 bits per heavy atom. The molecule has 22 heavy (non-hydrogen) atoms. The molecule has 0 atom stereocenters. The van der Waals surface area contributed by atoms with E-state index in [1.165, 1.54) is 12.1 Å². The summed E-state index contributed by atoms with van der Waals surface area (Å²) in [7, 11) is 0. The standard InChI is InChI=1S/C15H14BrN3O2S/c1-2-10-8-11(16)6-7-14(10)18-15(22)17-12-4-3-5-13(9-12)19(20)21/h3-9H,2H2,1H3,(H2,17,18,22). The molecule has 0 amide bonds. The Balaban J connectivity index is 2.10. The quantitative estimate of drug-likeness (QED) is 0.456. The molecule has 0 unspecified atom stereocenters. The number of rotatable bonds is 4. The van der Waals surface area contributed by atoms with Crippen LogP contribution in [0.15, 0.2) is 46.9 Å². The first kappa shape index (κ1) is 16.4. The molecule has 0 radical (unpaired) electrons. The molecule has 0 bridgehead atoms. The average Bonchev–Trinajstić information content (AvgIpc) is 2.49. The van der Waals surface area contributed by atoms with Crippen molar-refractivity contribution in [2.24, 2.45) is 0 Å². The molecule has 0 aliphatic carbocycles. The molecular formula is C15H14BrN3O2S. The zero-order chi connectivity index (χ0) is 16.1. The SMILES string of the molecule is CCc1cc(Br)ccc1NC(=S)Nc1cccc([N+](=O)[O-])c1. The van der Waals surface area contributed by atoms with Crippen molar-refractivity contribution in [2.45, 2.75) is 13.3 Å². The Bertz CT molecular complexity index is 722. The van der Waals surface area contributed by atoms with Crippen LogP contribution in [0, 0.1) is 10.1 Å². The van der Waals surface area contributed by atoms with Gasteiger partial charge >= 0.3 is 0 Å². The Kier molecular flexibility index (Phi) is 5.46. The van der Waals surface area contributed by atoms with Crippen LogP contribution in [0.2, 0.25) is 0 Å². The lowest BCUT2D eigenvalue weighted by molar-refractivity contribution is -0.384. The zero-order valence-electron chi connectivity index (χ0n) is 11.8. The molecule has 0 saturated heterocycles. The number of nitro groups is 1. The number of nitro benzene ring substituents is 1. The van der Waals surface area contributed by atoms with Gasteiger partial charge in [-0.25, -0.2) is 0 Å². The third kappa shape index (κ3) is 4.25. The Morgan fingerprint density at radius 2 is 2.05 bits per heavy atom. The van der Waals surface area contributed by atoms with E-state index < -0.39 is 4.92 Å². The predicted octanol–water partition coefficient (Wildman–Crippen LogP) is 4.73. The molecule has 0 heterocycles. The molecule has 0 saturated carbocycles. The van der Waals surface area contributed by atoms with Gasteiger partial charge in [0.2, 0.25) is 0 Å². The molecule has 2 N–H and O–H groups in total. The summed E-state index contributed by atoms with van der Waals surface area (Å²) in [6.45, 7) is 2.06. The van der Waals surface area contributed by atoms with E-state index in [0.717, 1.165) is 22.1 Å². The van der Waals surface area contributed by atoms with Crippen LogP contribution in [0.4, 0.5) is 17.1 Å². The summed E-state index contributed by atoms with van der Waals surface area (Å²) >= 11 is 8.70. The number of thiocarbonyl (C=S) groups is 1. The van der Waals surface area contributed by atoms with Crippen LogP contribution in [0.1, 0.15) is 12.5 Å². The van der Waals surface area contributed by atoms with Gasteiger partial charge in [0.25, 0.3) is 5.69 Å². The van der Waals surface area contributed by atoms with Crippen molar-refractivity contribution in [1.82, 2.24) is 0 Å². The van der Waals surface area contributed by atoms with Crippen molar-refractivity contribution in [3.8, 4) is 0 Å². The van der Waals surface area contributed by atoms with Gasteiger partial charge in [-0.3, -0.25) is 10.1 Å². The van der Waals surface area contributed by atoms with E-state index in [1.54, 1.807) is 12.1 Å². The molecule has 0 aliphatic heterocycles. The first-order valence-electron chi connectivity index (χ1n) is 6.60. The highest BCUT2D eigenvalue weighted by Crippen LogP contribution is 2.22. The molecule has 114 valence electrons. The summed E-state index contributed by atoms with van der Waals surface area (Å²) in [5.74, 6) is 0. The van der Waals surface area contributed by atoms with Crippen molar-refractivity contribution in [1.29, 1.82) is 0 Å². The maximum Gasteiger partial charge on any atom is 0.271 e. The van der Waals surface area contributed by atoms with Crippen molar-refractivity contribution < 1.29 is 4.92 Å². The second kappa shape index (κ2) is 7.33. The van der Waals surface area contributed by atoms with Crippen LogP contribution in [0.3, 0.4) is 0 Å². The molecular weight excluding hydrogens is 366 g/mol. The Labute approximate surface area is 142 Å². The maximum absolute atomic E-state index is 10.8. The molecule has 0 aromatic heterocycles. The van der Waals surface area contributed by atoms with E-state index in [1.807, 2.05) is 18.2 Å². The van der Waals surface area contributed by atoms with E-state index in [9.17, 15) is 10.1 Å². The summed E-state index contributed by atoms with van der Waals surface area (Å²) < 4.78 is 1.01. The van der Waals surface area contributed by atoms with E-state index in [0.29, 0.717) is 10.8 Å². The molecule has 2 rings (SSSR count). The number of non-ortho nitro benzene ring substituents is 1. The van der Waals surface area contributed by atoms with Crippen molar-refractivity contribution in [3.63, 3.8) is 0 Å². The minimum Gasteiger partial charge on any atom is -0.332 e. The summed E-state index contributed by atoms with van der Waals surface area (Å²) in [5, 5.41) is 17.2. The summed E-state index contributed by atoms with van der Waals surface area (Å²) in [5.41, 5.74) is 2.62. The summed E-state index contributed by atoms with van der Waals surface area (Å²) in [6, 6.07) is 12.1. The second-order valence-electron chi connectivity index (χ2n) is 4.54. The normalized spacial score (nSPS) is 10.1. The highest BCUT2D eigenvalue weighted by atomic mass is 79.9. The lowest BCUT2D eigenvalue weighted by Gasteiger charge is -2.13. The fraction of sp³-hybridized carbons (Fsp3) is 0.133. The largest absolute Gasteiger partial charge is 0.332 e. The van der Waals surface area contributed by atoms with E-state index in [2.05, 4.69) is 33.5 Å². The lowest BCUT2D eigenvalue weighted by atomic mass is 10.1. The third-order valence-electron chi connectivity index (χ3n) is 3.01. The number of hydrogen-bond donors (Lipinski definition) is 2. The topological polar surface area (TPSA) is 67.2 Å². The average molecular weight is 380 g/mol. The van der Waals surface area contributed by atoms with Gasteiger partial charge in [-0.2, -0.15) is 0 Å². The Hall–Kier alpha value is -1.99. The highest BCUT2D eigenvalue weighted by molar-refractivity contribution is 9.10. The third-order valence-corrected chi connectivity index (χ3v) is 3.71. The molecule has 2 aromatic carbocycles. The first-order chi connectivity index (χ1) is 10.5. The van der Waals surface area contributed by atoms with Gasteiger partial charge in [0.15, 0.2) is 5.11 Å². The van der Waals surface area contributed by atoms with Gasteiger partial charge in [0.1, 0.15) is 0 Å². The van der Waals surface area contributed by atoms with Gasteiger partial charge in [-0.15, -0.1) is 0 Å². The number of anilines is 2. The molecule has 5 nitrogen and oxygen atoms in total. The highest BCUT2D eigenvalue weighted by Gasteiger charge is 2.08. The van der Waals surface area contributed by atoms with Crippen molar-refractivity contribution >= 4 is 50.3 Å². The number of hydrogen-bond acceptors (Lipinski definition) is 3.